The molecule has 0 aliphatic carbocycles. The van der Waals surface area contributed by atoms with Crippen LogP contribution in [0.3, 0.4) is 0 Å². The van der Waals surface area contributed by atoms with Crippen molar-refractivity contribution in [2.24, 2.45) is 5.73 Å². The molecule has 0 saturated heterocycles. The lowest BCUT2D eigenvalue weighted by Crippen LogP contribution is -2.48. The van der Waals surface area contributed by atoms with Gasteiger partial charge in [-0.1, -0.05) is 54.1 Å². The van der Waals surface area contributed by atoms with Crippen LogP contribution in [0.2, 0.25) is 0 Å². The zero-order chi connectivity index (χ0) is 14.8. The smallest absolute Gasteiger partial charge is 0.235 e. The molecule has 0 spiro atoms. The largest absolute Gasteiger partial charge is 0.368 e. The van der Waals surface area contributed by atoms with E-state index in [-0.39, 0.29) is 11.9 Å². The zero-order valence-electron chi connectivity index (χ0n) is 12.3. The standard InChI is InChI=1S/C18H20N2O/c1-13-5-4-6-14(9-13)11-20-12-16-8-3-2-7-15(16)10-17(20)18(19)21/h2-9,17H,10-12H2,1H3,(H2,19,21). The molecule has 2 aromatic rings. The maximum Gasteiger partial charge on any atom is 0.235 e. The Bertz CT molecular complexity index is 666. The third-order valence-electron chi connectivity index (χ3n) is 4.14. The van der Waals surface area contributed by atoms with Crippen molar-refractivity contribution < 1.29 is 4.79 Å². The van der Waals surface area contributed by atoms with E-state index in [4.69, 9.17) is 5.73 Å². The highest BCUT2D eigenvalue weighted by molar-refractivity contribution is 5.80. The molecule has 1 heterocycles. The zero-order valence-corrected chi connectivity index (χ0v) is 12.3. The van der Waals surface area contributed by atoms with Gasteiger partial charge in [0, 0.05) is 13.1 Å². The van der Waals surface area contributed by atoms with Crippen molar-refractivity contribution in [3.05, 3.63) is 70.8 Å². The Labute approximate surface area is 125 Å². The van der Waals surface area contributed by atoms with Gasteiger partial charge in [-0.05, 0) is 30.0 Å². The molecule has 3 nitrogen and oxygen atoms in total. The van der Waals surface area contributed by atoms with E-state index in [1.807, 2.05) is 12.1 Å². The number of hydrogen-bond donors (Lipinski definition) is 1. The van der Waals surface area contributed by atoms with Gasteiger partial charge in [0.25, 0.3) is 0 Å². The van der Waals surface area contributed by atoms with Gasteiger partial charge < -0.3 is 5.73 Å². The molecule has 2 aromatic carbocycles. The fourth-order valence-corrected chi connectivity index (χ4v) is 3.07. The summed E-state index contributed by atoms with van der Waals surface area (Å²) < 4.78 is 0. The molecule has 0 fully saturated rings. The summed E-state index contributed by atoms with van der Waals surface area (Å²) in [4.78, 5) is 14.0. The summed E-state index contributed by atoms with van der Waals surface area (Å²) in [6, 6.07) is 16.5. The van der Waals surface area contributed by atoms with E-state index in [9.17, 15) is 4.79 Å². The molecule has 108 valence electrons. The van der Waals surface area contributed by atoms with Crippen molar-refractivity contribution >= 4 is 5.91 Å². The van der Waals surface area contributed by atoms with Crippen molar-refractivity contribution in [3.8, 4) is 0 Å². The number of fused-ring (bicyclic) bond motifs is 1. The van der Waals surface area contributed by atoms with E-state index in [2.05, 4.69) is 48.2 Å². The van der Waals surface area contributed by atoms with Crippen LogP contribution in [0, 0.1) is 6.92 Å². The molecule has 3 rings (SSSR count). The second kappa shape index (κ2) is 5.70. The molecule has 1 aliphatic heterocycles. The van der Waals surface area contributed by atoms with Gasteiger partial charge in [0.15, 0.2) is 0 Å². The number of rotatable bonds is 3. The Morgan fingerprint density at radius 1 is 1.19 bits per heavy atom. The lowest BCUT2D eigenvalue weighted by atomic mass is 9.93. The Hall–Kier alpha value is -2.13. The van der Waals surface area contributed by atoms with Gasteiger partial charge in [-0.25, -0.2) is 0 Å². The van der Waals surface area contributed by atoms with E-state index in [1.54, 1.807) is 0 Å². The highest BCUT2D eigenvalue weighted by Crippen LogP contribution is 2.25. The molecule has 1 atom stereocenters. The van der Waals surface area contributed by atoms with Crippen LogP contribution in [-0.2, 0) is 24.3 Å². The monoisotopic (exact) mass is 280 g/mol. The number of carbonyl (C=O) groups is 1. The van der Waals surface area contributed by atoms with Gasteiger partial charge in [0.05, 0.1) is 6.04 Å². The molecule has 0 radical (unpaired) electrons. The third kappa shape index (κ3) is 2.98. The molecule has 0 saturated carbocycles. The van der Waals surface area contributed by atoms with E-state index in [1.165, 1.54) is 22.3 Å². The fourth-order valence-electron chi connectivity index (χ4n) is 3.07. The van der Waals surface area contributed by atoms with Gasteiger partial charge in [-0.2, -0.15) is 0 Å². The lowest BCUT2D eigenvalue weighted by Gasteiger charge is -2.35. The summed E-state index contributed by atoms with van der Waals surface area (Å²) in [5.74, 6) is -0.239. The molecule has 3 heteroatoms. The van der Waals surface area contributed by atoms with Gasteiger partial charge in [-0.3, -0.25) is 9.69 Å². The molecule has 1 unspecified atom stereocenters. The Balaban J connectivity index is 1.87. The van der Waals surface area contributed by atoms with Crippen LogP contribution in [0.5, 0.6) is 0 Å². The summed E-state index contributed by atoms with van der Waals surface area (Å²) in [7, 11) is 0. The highest BCUT2D eigenvalue weighted by Gasteiger charge is 2.29. The number of benzene rings is 2. The van der Waals surface area contributed by atoms with E-state index < -0.39 is 0 Å². The fraction of sp³-hybridized carbons (Fsp3) is 0.278. The average Bonchev–Trinajstić information content (AvgIpc) is 2.46. The summed E-state index contributed by atoms with van der Waals surface area (Å²) in [6.45, 7) is 3.61. The van der Waals surface area contributed by atoms with Crippen molar-refractivity contribution in [1.29, 1.82) is 0 Å². The van der Waals surface area contributed by atoms with Crippen molar-refractivity contribution in [3.63, 3.8) is 0 Å². The number of nitrogens with zero attached hydrogens (tertiary/aromatic N) is 1. The van der Waals surface area contributed by atoms with Gasteiger partial charge in [0.2, 0.25) is 5.91 Å². The Morgan fingerprint density at radius 3 is 2.67 bits per heavy atom. The van der Waals surface area contributed by atoms with Crippen LogP contribution in [0.4, 0.5) is 0 Å². The normalized spacial score (nSPS) is 18.2. The molecule has 0 aromatic heterocycles. The van der Waals surface area contributed by atoms with Crippen LogP contribution in [0.1, 0.15) is 22.3 Å². The first-order valence-electron chi connectivity index (χ1n) is 7.29. The number of aryl methyl sites for hydroxylation is 1. The van der Waals surface area contributed by atoms with Gasteiger partial charge in [0.1, 0.15) is 0 Å². The van der Waals surface area contributed by atoms with Crippen LogP contribution in [-0.4, -0.2) is 16.8 Å². The molecular weight excluding hydrogens is 260 g/mol. The van der Waals surface area contributed by atoms with Crippen molar-refractivity contribution in [1.82, 2.24) is 4.90 Å². The number of hydrogen-bond acceptors (Lipinski definition) is 2. The van der Waals surface area contributed by atoms with E-state index >= 15 is 0 Å². The summed E-state index contributed by atoms with van der Waals surface area (Å²) >= 11 is 0. The first kappa shape index (κ1) is 13.8. The highest BCUT2D eigenvalue weighted by atomic mass is 16.1. The van der Waals surface area contributed by atoms with Crippen molar-refractivity contribution in [2.45, 2.75) is 32.5 Å². The Kier molecular flexibility index (Phi) is 3.76. The van der Waals surface area contributed by atoms with Crippen molar-refractivity contribution in [2.75, 3.05) is 0 Å². The maximum absolute atomic E-state index is 11.8. The van der Waals surface area contributed by atoms with Crippen LogP contribution in [0.15, 0.2) is 48.5 Å². The quantitative estimate of drug-likeness (QED) is 0.938. The summed E-state index contributed by atoms with van der Waals surface area (Å²) in [5.41, 5.74) is 10.6. The van der Waals surface area contributed by atoms with Gasteiger partial charge >= 0.3 is 0 Å². The minimum Gasteiger partial charge on any atom is -0.368 e. The SMILES string of the molecule is Cc1cccc(CN2Cc3ccccc3CC2C(N)=O)c1. The molecule has 2 N–H and O–H groups in total. The Morgan fingerprint density at radius 2 is 1.95 bits per heavy atom. The topological polar surface area (TPSA) is 46.3 Å². The average molecular weight is 280 g/mol. The molecule has 0 bridgehead atoms. The predicted molar refractivity (Wildman–Crippen MR) is 83.6 cm³/mol. The molecule has 1 amide bonds. The minimum atomic E-state index is -0.239. The first-order chi connectivity index (χ1) is 10.1. The van der Waals surface area contributed by atoms with E-state index in [0.717, 1.165) is 13.1 Å². The predicted octanol–water partition coefficient (Wildman–Crippen LogP) is 2.41. The van der Waals surface area contributed by atoms with Crippen LogP contribution in [0.25, 0.3) is 0 Å². The minimum absolute atomic E-state index is 0.222. The number of nitrogens with two attached hydrogens (primary N) is 1. The first-order valence-corrected chi connectivity index (χ1v) is 7.29. The molecule has 21 heavy (non-hydrogen) atoms. The van der Waals surface area contributed by atoms with Gasteiger partial charge in [-0.15, -0.1) is 0 Å². The second-order valence-electron chi connectivity index (χ2n) is 5.79. The molecule has 1 aliphatic rings. The molecular formula is C18H20N2O. The third-order valence-corrected chi connectivity index (χ3v) is 4.14. The van der Waals surface area contributed by atoms with Crippen LogP contribution < -0.4 is 5.73 Å². The number of primary amides is 1. The second-order valence-corrected chi connectivity index (χ2v) is 5.79. The number of amides is 1. The summed E-state index contributed by atoms with van der Waals surface area (Å²) in [6.07, 6.45) is 0.706. The number of carbonyl (C=O) groups excluding carboxylic acids is 1. The maximum atomic E-state index is 11.8. The van der Waals surface area contributed by atoms with Crippen LogP contribution >= 0.6 is 0 Å². The van der Waals surface area contributed by atoms with E-state index in [0.29, 0.717) is 6.42 Å². The lowest BCUT2D eigenvalue weighted by molar-refractivity contribution is -0.124. The summed E-state index contributed by atoms with van der Waals surface area (Å²) in [5, 5.41) is 0.